The summed E-state index contributed by atoms with van der Waals surface area (Å²) in [6.45, 7) is 0.277. The van der Waals surface area contributed by atoms with Gasteiger partial charge in [-0.2, -0.15) is 0 Å². The molecule has 3 aromatic rings. The van der Waals surface area contributed by atoms with Crippen LogP contribution in [0, 0.1) is 0 Å². The van der Waals surface area contributed by atoms with Crippen LogP contribution < -0.4 is 10.5 Å². The van der Waals surface area contributed by atoms with Crippen molar-refractivity contribution in [2.24, 2.45) is 0 Å². The SMILES string of the molecule is O=c1[nH]c2ccc(S(=O)(=O)NCCc3cncs3)cc2o1. The Morgan fingerprint density at radius 2 is 2.24 bits per heavy atom. The van der Waals surface area contributed by atoms with Crippen LogP contribution >= 0.6 is 11.3 Å². The summed E-state index contributed by atoms with van der Waals surface area (Å²) in [7, 11) is -3.64. The fourth-order valence-corrected chi connectivity index (χ4v) is 3.50. The maximum atomic E-state index is 12.2. The van der Waals surface area contributed by atoms with Crippen molar-refractivity contribution in [1.82, 2.24) is 14.7 Å². The first-order valence-electron chi connectivity index (χ1n) is 6.04. The first-order chi connectivity index (χ1) is 10.0. The molecular formula is C12H11N3O4S2. The van der Waals surface area contributed by atoms with Crippen LogP contribution in [0.1, 0.15) is 4.88 Å². The summed E-state index contributed by atoms with van der Waals surface area (Å²) in [6.07, 6.45) is 2.28. The van der Waals surface area contributed by atoms with Gasteiger partial charge in [0.2, 0.25) is 10.0 Å². The zero-order valence-corrected chi connectivity index (χ0v) is 12.3. The van der Waals surface area contributed by atoms with E-state index in [4.69, 9.17) is 4.42 Å². The molecule has 0 spiro atoms. The number of nitrogens with zero attached hydrogens (tertiary/aromatic N) is 1. The Kier molecular flexibility index (Phi) is 3.62. The second-order valence-electron chi connectivity index (χ2n) is 4.29. The molecule has 1 aromatic carbocycles. The first kappa shape index (κ1) is 14.0. The van der Waals surface area contributed by atoms with Crippen molar-refractivity contribution in [2.75, 3.05) is 6.54 Å². The summed E-state index contributed by atoms with van der Waals surface area (Å²) in [4.78, 5) is 18.5. The lowest BCUT2D eigenvalue weighted by atomic mass is 10.3. The highest BCUT2D eigenvalue weighted by Crippen LogP contribution is 2.16. The molecule has 0 aliphatic carbocycles. The minimum absolute atomic E-state index is 0.0575. The molecule has 0 fully saturated rings. The molecule has 110 valence electrons. The van der Waals surface area contributed by atoms with E-state index >= 15 is 0 Å². The van der Waals surface area contributed by atoms with Crippen molar-refractivity contribution in [2.45, 2.75) is 11.3 Å². The second kappa shape index (κ2) is 5.43. The van der Waals surface area contributed by atoms with Crippen molar-refractivity contribution in [1.29, 1.82) is 0 Å². The molecule has 0 aliphatic heterocycles. The van der Waals surface area contributed by atoms with E-state index in [1.165, 1.54) is 29.5 Å². The lowest BCUT2D eigenvalue weighted by Crippen LogP contribution is -2.25. The summed E-state index contributed by atoms with van der Waals surface area (Å²) in [6, 6.07) is 4.24. The van der Waals surface area contributed by atoms with E-state index in [-0.39, 0.29) is 17.0 Å². The van der Waals surface area contributed by atoms with Crippen LogP contribution in [0.15, 0.2) is 44.0 Å². The van der Waals surface area contributed by atoms with Crippen LogP contribution in [-0.2, 0) is 16.4 Å². The van der Waals surface area contributed by atoms with Gasteiger partial charge in [0.15, 0.2) is 5.58 Å². The van der Waals surface area contributed by atoms with Gasteiger partial charge in [-0.25, -0.2) is 17.9 Å². The fraction of sp³-hybridized carbons (Fsp3) is 0.167. The molecule has 2 heterocycles. The van der Waals surface area contributed by atoms with Gasteiger partial charge in [-0.1, -0.05) is 0 Å². The monoisotopic (exact) mass is 325 g/mol. The van der Waals surface area contributed by atoms with Gasteiger partial charge in [-0.3, -0.25) is 9.97 Å². The Hall–Kier alpha value is -1.97. The second-order valence-corrected chi connectivity index (χ2v) is 7.03. The molecule has 0 saturated heterocycles. The summed E-state index contributed by atoms with van der Waals surface area (Å²) in [5.41, 5.74) is 2.38. The molecule has 0 radical (unpaired) electrons. The number of rotatable bonds is 5. The number of fused-ring (bicyclic) bond motifs is 1. The molecule has 0 atom stereocenters. The molecule has 0 unspecified atom stereocenters. The Morgan fingerprint density at radius 1 is 1.38 bits per heavy atom. The summed E-state index contributed by atoms with van der Waals surface area (Å²) < 4.78 is 31.7. The lowest BCUT2D eigenvalue weighted by molar-refractivity contribution is 0.553. The van der Waals surface area contributed by atoms with Gasteiger partial charge in [-0.05, 0) is 18.6 Å². The highest BCUT2D eigenvalue weighted by Gasteiger charge is 2.15. The van der Waals surface area contributed by atoms with Gasteiger partial charge in [-0.15, -0.1) is 11.3 Å². The average molecular weight is 325 g/mol. The number of oxazole rings is 1. The maximum absolute atomic E-state index is 12.2. The lowest BCUT2D eigenvalue weighted by Gasteiger charge is -2.05. The van der Waals surface area contributed by atoms with E-state index in [9.17, 15) is 13.2 Å². The van der Waals surface area contributed by atoms with Gasteiger partial charge < -0.3 is 4.42 Å². The Bertz CT molecular complexity index is 910. The normalized spacial score (nSPS) is 12.0. The molecular weight excluding hydrogens is 314 g/mol. The molecule has 3 rings (SSSR count). The fourth-order valence-electron chi connectivity index (χ4n) is 1.85. The predicted octanol–water partition coefficient (Wildman–Crippen LogP) is 1.10. The van der Waals surface area contributed by atoms with Gasteiger partial charge >= 0.3 is 5.76 Å². The third kappa shape index (κ3) is 3.04. The number of aromatic nitrogens is 2. The van der Waals surface area contributed by atoms with Crippen LogP contribution in [0.3, 0.4) is 0 Å². The van der Waals surface area contributed by atoms with Crippen molar-refractivity contribution < 1.29 is 12.8 Å². The quantitative estimate of drug-likeness (QED) is 0.731. The van der Waals surface area contributed by atoms with Crippen LogP contribution in [-0.4, -0.2) is 24.9 Å². The van der Waals surface area contributed by atoms with E-state index in [0.29, 0.717) is 11.9 Å². The number of hydrogen-bond acceptors (Lipinski definition) is 6. The molecule has 9 heteroatoms. The minimum Gasteiger partial charge on any atom is -0.408 e. The van der Waals surface area contributed by atoms with Crippen LogP contribution in [0.2, 0.25) is 0 Å². The molecule has 7 nitrogen and oxygen atoms in total. The maximum Gasteiger partial charge on any atom is 0.417 e. The number of hydrogen-bond donors (Lipinski definition) is 2. The molecule has 2 N–H and O–H groups in total. The van der Waals surface area contributed by atoms with Crippen LogP contribution in [0.5, 0.6) is 0 Å². The van der Waals surface area contributed by atoms with Crippen molar-refractivity contribution in [3.8, 4) is 0 Å². The molecule has 0 amide bonds. The van der Waals surface area contributed by atoms with E-state index in [1.807, 2.05) is 0 Å². The molecule has 0 bridgehead atoms. The Morgan fingerprint density at radius 3 is 3.00 bits per heavy atom. The Balaban J connectivity index is 1.77. The largest absolute Gasteiger partial charge is 0.417 e. The summed E-state index contributed by atoms with van der Waals surface area (Å²) in [5.74, 6) is -0.613. The molecule has 2 aromatic heterocycles. The zero-order chi connectivity index (χ0) is 14.9. The molecule has 0 aliphatic rings. The number of benzene rings is 1. The zero-order valence-electron chi connectivity index (χ0n) is 10.7. The van der Waals surface area contributed by atoms with Gasteiger partial charge in [0.1, 0.15) is 0 Å². The number of nitrogens with one attached hydrogen (secondary N) is 2. The van der Waals surface area contributed by atoms with Crippen LogP contribution in [0.4, 0.5) is 0 Å². The number of sulfonamides is 1. The van der Waals surface area contributed by atoms with Crippen molar-refractivity contribution in [3.63, 3.8) is 0 Å². The van der Waals surface area contributed by atoms with E-state index in [1.54, 1.807) is 11.7 Å². The van der Waals surface area contributed by atoms with E-state index in [0.717, 1.165) is 4.88 Å². The van der Waals surface area contributed by atoms with E-state index in [2.05, 4.69) is 14.7 Å². The van der Waals surface area contributed by atoms with Crippen LogP contribution in [0.25, 0.3) is 11.1 Å². The highest BCUT2D eigenvalue weighted by atomic mass is 32.2. The smallest absolute Gasteiger partial charge is 0.408 e. The van der Waals surface area contributed by atoms with Gasteiger partial charge in [0.05, 0.1) is 15.9 Å². The van der Waals surface area contributed by atoms with Crippen molar-refractivity contribution >= 4 is 32.5 Å². The predicted molar refractivity (Wildman–Crippen MR) is 77.8 cm³/mol. The first-order valence-corrected chi connectivity index (χ1v) is 8.41. The van der Waals surface area contributed by atoms with Gasteiger partial charge in [0.25, 0.3) is 0 Å². The number of H-pyrrole nitrogens is 1. The summed E-state index contributed by atoms with van der Waals surface area (Å²) >= 11 is 1.47. The van der Waals surface area contributed by atoms with Crippen molar-refractivity contribution in [3.05, 3.63) is 45.3 Å². The molecule has 21 heavy (non-hydrogen) atoms. The third-order valence-corrected chi connectivity index (χ3v) is 5.15. The minimum atomic E-state index is -3.64. The molecule has 0 saturated carbocycles. The van der Waals surface area contributed by atoms with Gasteiger partial charge in [0, 0.05) is 23.7 Å². The average Bonchev–Trinajstić information content (AvgIpc) is 3.05. The summed E-state index contributed by atoms with van der Waals surface area (Å²) in [5, 5.41) is 0. The number of thiazole rings is 1. The third-order valence-electron chi connectivity index (χ3n) is 2.85. The Labute approximate surface area is 123 Å². The number of aromatic amines is 1. The highest BCUT2D eigenvalue weighted by molar-refractivity contribution is 7.89. The topological polar surface area (TPSA) is 105 Å². The standard InChI is InChI=1S/C12H11N3O4S2/c16-12-15-10-2-1-9(5-11(10)19-12)21(17,18)14-4-3-8-6-13-7-20-8/h1-2,5-7,14H,3-4H2,(H,15,16). The van der Waals surface area contributed by atoms with E-state index < -0.39 is 15.8 Å².